The zero-order chi connectivity index (χ0) is 23.1. The molecule has 0 radical (unpaired) electrons. The first kappa shape index (κ1) is 24.0. The van der Waals surface area contributed by atoms with Crippen molar-refractivity contribution >= 4 is 17.5 Å². The monoisotopic (exact) mass is 448 g/mol. The lowest BCUT2D eigenvalue weighted by Gasteiger charge is -2.41. The fourth-order valence-corrected chi connectivity index (χ4v) is 4.46. The minimum Gasteiger partial charge on any atom is -0.337 e. The van der Waals surface area contributed by atoms with Gasteiger partial charge in [0.25, 0.3) is 0 Å². The van der Waals surface area contributed by atoms with Crippen molar-refractivity contribution in [1.82, 2.24) is 9.80 Å². The Morgan fingerprint density at radius 2 is 1.91 bits per heavy atom. The number of amides is 1. The summed E-state index contributed by atoms with van der Waals surface area (Å²) in [5.41, 5.74) is 5.70. The quantitative estimate of drug-likeness (QED) is 0.456. The number of carbonyl (C=O) groups excluding carboxylic acids is 1. The van der Waals surface area contributed by atoms with Crippen LogP contribution in [0.25, 0.3) is 11.1 Å². The summed E-state index contributed by atoms with van der Waals surface area (Å²) in [6.07, 6.45) is 8.81. The number of benzene rings is 2. The van der Waals surface area contributed by atoms with Gasteiger partial charge in [-0.1, -0.05) is 84.0 Å². The molecule has 1 saturated heterocycles. The van der Waals surface area contributed by atoms with Crippen molar-refractivity contribution in [1.29, 1.82) is 0 Å². The third kappa shape index (κ3) is 6.44. The van der Waals surface area contributed by atoms with Gasteiger partial charge < -0.3 is 4.90 Å². The maximum Gasteiger partial charge on any atom is 0.219 e. The molecule has 3 nitrogen and oxygen atoms in total. The Balaban J connectivity index is 1.67. The average molecular weight is 449 g/mol. The highest BCUT2D eigenvalue weighted by Gasteiger charge is 2.28. The SMILES string of the molecule is C=C(/C=C\C=C/C)CC1CN(Cc2ccc(-c3cc(C)ccc3Cl)cc2)CCN1C(C)=O. The first-order chi connectivity index (χ1) is 15.4. The van der Waals surface area contributed by atoms with E-state index in [4.69, 9.17) is 11.6 Å². The first-order valence-electron chi connectivity index (χ1n) is 11.2. The third-order valence-electron chi connectivity index (χ3n) is 5.90. The highest BCUT2D eigenvalue weighted by Crippen LogP contribution is 2.29. The van der Waals surface area contributed by atoms with Crippen LogP contribution >= 0.6 is 11.6 Å². The number of hydrogen-bond acceptors (Lipinski definition) is 2. The normalized spacial score (nSPS) is 17.4. The molecule has 168 valence electrons. The standard InChI is InChI=1S/C28H33ClN2O/c1-5-6-7-8-21(2)17-26-20-30(15-16-31(26)23(4)32)19-24-10-12-25(13-11-24)27-18-22(3)9-14-28(27)29/h5-14,18,26H,2,15-17,19-20H2,1,3-4H3/b6-5-,8-7-. The lowest BCUT2D eigenvalue weighted by Crippen LogP contribution is -2.54. The van der Waals surface area contributed by atoms with E-state index in [2.05, 4.69) is 48.7 Å². The number of nitrogens with zero attached hydrogens (tertiary/aromatic N) is 2. The molecular formula is C28H33ClN2O. The van der Waals surface area contributed by atoms with Crippen molar-refractivity contribution in [2.45, 2.75) is 39.8 Å². The van der Waals surface area contributed by atoms with Crippen molar-refractivity contribution in [2.24, 2.45) is 0 Å². The summed E-state index contributed by atoms with van der Waals surface area (Å²) in [6, 6.07) is 14.9. The molecule has 1 aliphatic heterocycles. The van der Waals surface area contributed by atoms with Crippen LogP contribution in [-0.4, -0.2) is 41.4 Å². The molecule has 0 aliphatic carbocycles. The maximum absolute atomic E-state index is 12.2. The van der Waals surface area contributed by atoms with E-state index in [0.717, 1.165) is 54.3 Å². The van der Waals surface area contributed by atoms with Gasteiger partial charge in [0.2, 0.25) is 5.91 Å². The third-order valence-corrected chi connectivity index (χ3v) is 6.23. The maximum atomic E-state index is 12.2. The van der Waals surface area contributed by atoms with Crippen molar-refractivity contribution in [3.8, 4) is 11.1 Å². The van der Waals surface area contributed by atoms with Crippen LogP contribution in [0.1, 0.15) is 31.4 Å². The Kier molecular flexibility index (Phi) is 8.49. The Bertz CT molecular complexity index is 1010. The number of hydrogen-bond donors (Lipinski definition) is 0. The molecule has 1 amide bonds. The molecule has 1 aliphatic rings. The number of rotatable bonds is 7. The van der Waals surface area contributed by atoms with Gasteiger partial charge in [0, 0.05) is 49.7 Å². The van der Waals surface area contributed by atoms with Crippen molar-refractivity contribution < 1.29 is 4.79 Å². The summed E-state index contributed by atoms with van der Waals surface area (Å²) in [4.78, 5) is 16.6. The Morgan fingerprint density at radius 3 is 2.59 bits per heavy atom. The fourth-order valence-electron chi connectivity index (χ4n) is 4.23. The molecule has 1 atom stereocenters. The van der Waals surface area contributed by atoms with Gasteiger partial charge in [-0.3, -0.25) is 9.69 Å². The van der Waals surface area contributed by atoms with Crippen LogP contribution < -0.4 is 0 Å². The van der Waals surface area contributed by atoms with Crippen LogP contribution in [0.15, 0.2) is 78.9 Å². The molecule has 0 bridgehead atoms. The van der Waals surface area contributed by atoms with Crippen LogP contribution in [-0.2, 0) is 11.3 Å². The molecule has 2 aromatic carbocycles. The highest BCUT2D eigenvalue weighted by molar-refractivity contribution is 6.33. The molecular weight excluding hydrogens is 416 g/mol. The number of piperazine rings is 1. The van der Waals surface area contributed by atoms with Crippen LogP contribution in [0.4, 0.5) is 0 Å². The second-order valence-corrected chi connectivity index (χ2v) is 8.94. The van der Waals surface area contributed by atoms with Crippen molar-refractivity contribution in [3.05, 3.63) is 95.1 Å². The summed E-state index contributed by atoms with van der Waals surface area (Å²) in [5.74, 6) is 0.138. The zero-order valence-electron chi connectivity index (χ0n) is 19.4. The van der Waals surface area contributed by atoms with Gasteiger partial charge in [-0.05, 0) is 43.5 Å². The van der Waals surface area contributed by atoms with Crippen molar-refractivity contribution in [3.63, 3.8) is 0 Å². The van der Waals surface area contributed by atoms with E-state index in [-0.39, 0.29) is 11.9 Å². The predicted molar refractivity (Wildman–Crippen MR) is 136 cm³/mol. The van der Waals surface area contributed by atoms with E-state index in [1.54, 1.807) is 6.92 Å². The molecule has 0 N–H and O–H groups in total. The molecule has 0 saturated carbocycles. The average Bonchev–Trinajstić information content (AvgIpc) is 2.76. The minimum atomic E-state index is 0.138. The van der Waals surface area contributed by atoms with E-state index in [9.17, 15) is 4.79 Å². The van der Waals surface area contributed by atoms with E-state index in [1.165, 1.54) is 11.1 Å². The van der Waals surface area contributed by atoms with Crippen molar-refractivity contribution in [2.75, 3.05) is 19.6 Å². The summed E-state index contributed by atoms with van der Waals surface area (Å²) < 4.78 is 0. The highest BCUT2D eigenvalue weighted by atomic mass is 35.5. The molecule has 3 rings (SSSR count). The zero-order valence-corrected chi connectivity index (χ0v) is 20.1. The number of carbonyl (C=O) groups is 1. The number of aryl methyl sites for hydroxylation is 1. The first-order valence-corrected chi connectivity index (χ1v) is 11.6. The van der Waals surface area contributed by atoms with Gasteiger partial charge >= 0.3 is 0 Å². The topological polar surface area (TPSA) is 23.6 Å². The summed E-state index contributed by atoms with van der Waals surface area (Å²) in [7, 11) is 0. The van der Waals surface area contributed by atoms with Gasteiger partial charge in [-0.15, -0.1) is 0 Å². The summed E-state index contributed by atoms with van der Waals surface area (Å²) in [5, 5.41) is 0.773. The Labute approximate surface area is 197 Å². The van der Waals surface area contributed by atoms with E-state index < -0.39 is 0 Å². The van der Waals surface area contributed by atoms with E-state index in [0.29, 0.717) is 0 Å². The summed E-state index contributed by atoms with van der Waals surface area (Å²) in [6.45, 7) is 13.3. The summed E-state index contributed by atoms with van der Waals surface area (Å²) >= 11 is 6.41. The molecule has 4 heteroatoms. The van der Waals surface area contributed by atoms with Crippen LogP contribution in [0.2, 0.25) is 5.02 Å². The number of halogens is 1. The van der Waals surface area contributed by atoms with Gasteiger partial charge in [-0.2, -0.15) is 0 Å². The minimum absolute atomic E-state index is 0.138. The Hall–Kier alpha value is -2.62. The predicted octanol–water partition coefficient (Wildman–Crippen LogP) is 6.43. The smallest absolute Gasteiger partial charge is 0.219 e. The molecule has 2 aromatic rings. The second kappa shape index (κ2) is 11.3. The van der Waals surface area contributed by atoms with Gasteiger partial charge in [0.1, 0.15) is 0 Å². The second-order valence-electron chi connectivity index (χ2n) is 8.53. The Morgan fingerprint density at radius 1 is 1.16 bits per heavy atom. The molecule has 1 fully saturated rings. The van der Waals surface area contributed by atoms with Gasteiger partial charge in [0.15, 0.2) is 0 Å². The largest absolute Gasteiger partial charge is 0.337 e. The van der Waals surface area contributed by atoms with Crippen LogP contribution in [0.5, 0.6) is 0 Å². The van der Waals surface area contributed by atoms with Gasteiger partial charge in [0.05, 0.1) is 0 Å². The molecule has 0 spiro atoms. The van der Waals surface area contributed by atoms with E-state index in [1.807, 2.05) is 48.3 Å². The molecule has 32 heavy (non-hydrogen) atoms. The van der Waals surface area contributed by atoms with E-state index >= 15 is 0 Å². The lowest BCUT2D eigenvalue weighted by atomic mass is 10.0. The van der Waals surface area contributed by atoms with Crippen LogP contribution in [0.3, 0.4) is 0 Å². The lowest BCUT2D eigenvalue weighted by molar-refractivity contribution is -0.133. The number of allylic oxidation sites excluding steroid dienone is 4. The fraction of sp³-hybridized carbons (Fsp3) is 0.321. The molecule has 1 heterocycles. The van der Waals surface area contributed by atoms with Crippen LogP contribution in [0, 0.1) is 6.92 Å². The van der Waals surface area contributed by atoms with Gasteiger partial charge in [-0.25, -0.2) is 0 Å². The molecule has 0 aromatic heterocycles. The molecule has 1 unspecified atom stereocenters.